The summed E-state index contributed by atoms with van der Waals surface area (Å²) in [5.74, 6) is 2.97. The van der Waals surface area contributed by atoms with E-state index in [-0.39, 0.29) is 23.0 Å². The molecular weight excluding hydrogens is 660 g/mol. The van der Waals surface area contributed by atoms with Gasteiger partial charge < -0.3 is 59.1 Å². The summed E-state index contributed by atoms with van der Waals surface area (Å²) >= 11 is 0. The molecule has 290 valence electrons. The van der Waals surface area contributed by atoms with Crippen LogP contribution in [0.25, 0.3) is 0 Å². The highest BCUT2D eigenvalue weighted by molar-refractivity contribution is 5.26. The molecule has 12 nitrogen and oxygen atoms in total. The molecule has 1 spiro atoms. The van der Waals surface area contributed by atoms with E-state index in [0.29, 0.717) is 35.5 Å². The van der Waals surface area contributed by atoms with Gasteiger partial charge in [0.05, 0.1) is 31.5 Å². The van der Waals surface area contributed by atoms with Crippen molar-refractivity contribution in [2.24, 2.45) is 46.3 Å². The van der Waals surface area contributed by atoms with Crippen LogP contribution in [0.3, 0.4) is 0 Å². The van der Waals surface area contributed by atoms with E-state index in [2.05, 4.69) is 33.8 Å². The third-order valence-corrected chi connectivity index (χ3v) is 15.6. The Morgan fingerprint density at radius 2 is 1.61 bits per heavy atom. The predicted octanol–water partition coefficient (Wildman–Crippen LogP) is 2.39. The minimum atomic E-state index is -1.67. The van der Waals surface area contributed by atoms with Gasteiger partial charge in [0.1, 0.15) is 42.7 Å². The summed E-state index contributed by atoms with van der Waals surface area (Å²) < 4.78 is 37.6. The molecule has 51 heavy (non-hydrogen) atoms. The van der Waals surface area contributed by atoms with E-state index in [1.807, 2.05) is 0 Å². The molecule has 0 aromatic carbocycles. The molecule has 0 amide bonds. The molecule has 0 bridgehead atoms. The van der Waals surface area contributed by atoms with Crippen LogP contribution in [0.2, 0.25) is 0 Å². The predicted molar refractivity (Wildman–Crippen MR) is 182 cm³/mol. The topological polar surface area (TPSA) is 177 Å². The largest absolute Gasteiger partial charge is 0.394 e. The van der Waals surface area contributed by atoms with Gasteiger partial charge in [0.2, 0.25) is 0 Å². The van der Waals surface area contributed by atoms with Gasteiger partial charge in [-0.3, -0.25) is 0 Å². The van der Waals surface area contributed by atoms with E-state index in [9.17, 15) is 30.6 Å². The first-order valence-corrected chi connectivity index (χ1v) is 19.8. The molecule has 4 aliphatic carbocycles. The smallest absolute Gasteiger partial charge is 0.187 e. The summed E-state index contributed by atoms with van der Waals surface area (Å²) in [6.45, 7) is 11.5. The highest BCUT2D eigenvalue weighted by Gasteiger charge is 2.68. The highest BCUT2D eigenvalue weighted by atomic mass is 16.8. The molecule has 21 unspecified atom stereocenters. The quantitative estimate of drug-likeness (QED) is 0.229. The Balaban J connectivity index is 0.957. The zero-order chi connectivity index (χ0) is 36.2. The van der Waals surface area contributed by atoms with E-state index in [1.165, 1.54) is 24.8 Å². The maximum absolute atomic E-state index is 11.1. The minimum absolute atomic E-state index is 0.0702. The maximum atomic E-state index is 11.1. The van der Waals surface area contributed by atoms with Crippen LogP contribution in [0.5, 0.6) is 0 Å². The van der Waals surface area contributed by atoms with Crippen LogP contribution in [0.15, 0.2) is 11.6 Å². The lowest BCUT2D eigenvalue weighted by Crippen LogP contribution is -2.64. The van der Waals surface area contributed by atoms with Crippen molar-refractivity contribution in [2.75, 3.05) is 13.2 Å². The van der Waals surface area contributed by atoms with Gasteiger partial charge in [-0.15, -0.1) is 0 Å². The SMILES string of the molecule is CC1CCC2(OC1)OC1CC3C4CC=C5CC(OC6OC(C)C(O)C(O)C6OC6OC(CO)C(O)C(O)C6O)CCC5(C)C4CCC3(C)C1C2C. The normalized spacial score (nSPS) is 58.4. The molecule has 0 aromatic heterocycles. The van der Waals surface area contributed by atoms with Crippen molar-refractivity contribution in [1.82, 2.24) is 0 Å². The molecule has 8 aliphatic rings. The van der Waals surface area contributed by atoms with Crippen LogP contribution in [0.4, 0.5) is 0 Å². The van der Waals surface area contributed by atoms with Crippen LogP contribution in [-0.2, 0) is 28.4 Å². The number of fused-ring (bicyclic) bond motifs is 7. The summed E-state index contributed by atoms with van der Waals surface area (Å²) in [4.78, 5) is 0. The van der Waals surface area contributed by atoms with E-state index in [1.54, 1.807) is 6.92 Å². The standard InChI is InChI=1S/C39H62O12/c1-18-8-13-39(46-17-18)19(2)28-26(51-39)15-25-23-7-6-21-14-22(9-11-37(21,4)24(23)10-12-38(25,28)5)48-36-34(32(44)29(41)20(3)47-36)50-35-33(45)31(43)30(42)27(16-40)49-35/h6,18-20,22-36,40-45H,7-17H2,1-5H3. The number of aliphatic hydroxyl groups excluding tert-OH is 6. The van der Waals surface area contributed by atoms with Gasteiger partial charge in [-0.1, -0.05) is 39.3 Å². The molecule has 4 saturated heterocycles. The molecule has 4 heterocycles. The first-order valence-electron chi connectivity index (χ1n) is 19.8. The number of ether oxygens (including phenoxy) is 6. The van der Waals surface area contributed by atoms with E-state index in [4.69, 9.17) is 28.4 Å². The van der Waals surface area contributed by atoms with E-state index >= 15 is 0 Å². The van der Waals surface area contributed by atoms with Crippen molar-refractivity contribution in [1.29, 1.82) is 0 Å². The van der Waals surface area contributed by atoms with Crippen molar-refractivity contribution in [3.8, 4) is 0 Å². The van der Waals surface area contributed by atoms with Crippen LogP contribution in [0, 0.1) is 46.3 Å². The van der Waals surface area contributed by atoms with Gasteiger partial charge in [0, 0.05) is 12.3 Å². The van der Waals surface area contributed by atoms with Crippen molar-refractivity contribution >= 4 is 0 Å². The summed E-state index contributed by atoms with van der Waals surface area (Å²) in [5.41, 5.74) is 1.74. The third-order valence-electron chi connectivity index (χ3n) is 15.6. The maximum Gasteiger partial charge on any atom is 0.187 e. The van der Waals surface area contributed by atoms with Gasteiger partial charge in [0.25, 0.3) is 0 Å². The molecule has 0 radical (unpaired) electrons. The zero-order valence-corrected chi connectivity index (χ0v) is 30.9. The zero-order valence-electron chi connectivity index (χ0n) is 30.9. The number of hydrogen-bond acceptors (Lipinski definition) is 12. The third kappa shape index (κ3) is 5.84. The van der Waals surface area contributed by atoms with Crippen molar-refractivity contribution in [3.05, 3.63) is 11.6 Å². The second kappa shape index (κ2) is 13.5. The Morgan fingerprint density at radius 3 is 2.33 bits per heavy atom. The highest BCUT2D eigenvalue weighted by Crippen LogP contribution is 2.70. The monoisotopic (exact) mass is 722 g/mol. The molecular formula is C39H62O12. The lowest BCUT2D eigenvalue weighted by atomic mass is 9.47. The van der Waals surface area contributed by atoms with E-state index in [0.717, 1.165) is 45.1 Å². The number of allylic oxidation sites excluding steroid dienone is 1. The lowest BCUT2D eigenvalue weighted by Gasteiger charge is -2.58. The van der Waals surface area contributed by atoms with Crippen LogP contribution >= 0.6 is 0 Å². The molecule has 6 N–H and O–H groups in total. The summed E-state index contributed by atoms with van der Waals surface area (Å²) in [6.07, 6.45) is -1.57. The minimum Gasteiger partial charge on any atom is -0.394 e. The summed E-state index contributed by atoms with van der Waals surface area (Å²) in [7, 11) is 0. The van der Waals surface area contributed by atoms with Gasteiger partial charge in [-0.05, 0) is 98.7 Å². The van der Waals surface area contributed by atoms with Crippen molar-refractivity contribution < 1.29 is 59.1 Å². The summed E-state index contributed by atoms with van der Waals surface area (Å²) in [6, 6.07) is 0. The number of hydrogen-bond donors (Lipinski definition) is 6. The lowest BCUT2D eigenvalue weighted by molar-refractivity contribution is -0.369. The molecule has 3 saturated carbocycles. The molecule has 0 aromatic rings. The van der Waals surface area contributed by atoms with Crippen LogP contribution in [-0.4, -0.2) is 123 Å². The number of rotatable bonds is 5. The van der Waals surface area contributed by atoms with Crippen molar-refractivity contribution in [3.63, 3.8) is 0 Å². The fourth-order valence-corrected chi connectivity index (χ4v) is 12.5. The first kappa shape index (κ1) is 37.2. The molecule has 12 heteroatoms. The molecule has 8 rings (SSSR count). The average molecular weight is 723 g/mol. The number of aliphatic hydroxyl groups is 6. The molecule has 21 atom stereocenters. The summed E-state index contributed by atoms with van der Waals surface area (Å²) in [5, 5.41) is 62.6. The Kier molecular flexibility index (Phi) is 9.83. The van der Waals surface area contributed by atoms with Crippen LogP contribution < -0.4 is 0 Å². The second-order valence-corrected chi connectivity index (χ2v) is 18.3. The van der Waals surface area contributed by atoms with Gasteiger partial charge in [-0.25, -0.2) is 0 Å². The van der Waals surface area contributed by atoms with Gasteiger partial charge in [-0.2, -0.15) is 0 Å². The average Bonchev–Trinajstić information content (AvgIpc) is 3.56. The Labute approximate surface area is 301 Å². The molecule has 7 fully saturated rings. The fraction of sp³-hybridized carbons (Fsp3) is 0.949. The fourth-order valence-electron chi connectivity index (χ4n) is 12.5. The second-order valence-electron chi connectivity index (χ2n) is 18.3. The van der Waals surface area contributed by atoms with Crippen LogP contribution in [0.1, 0.15) is 92.4 Å². The van der Waals surface area contributed by atoms with Crippen molar-refractivity contribution in [2.45, 2.75) is 172 Å². The Bertz CT molecular complexity index is 1300. The Hall–Kier alpha value is -0.740. The van der Waals surface area contributed by atoms with Gasteiger partial charge >= 0.3 is 0 Å². The van der Waals surface area contributed by atoms with E-state index < -0.39 is 73.8 Å². The van der Waals surface area contributed by atoms with Gasteiger partial charge in [0.15, 0.2) is 18.4 Å². The molecule has 4 aliphatic heterocycles. The first-order chi connectivity index (χ1) is 24.2. The Morgan fingerprint density at radius 1 is 0.824 bits per heavy atom.